The van der Waals surface area contributed by atoms with E-state index in [2.05, 4.69) is 5.32 Å². The van der Waals surface area contributed by atoms with Crippen molar-refractivity contribution in [3.8, 4) is 0 Å². The van der Waals surface area contributed by atoms with Crippen LogP contribution >= 0.6 is 11.6 Å². The van der Waals surface area contributed by atoms with Gasteiger partial charge in [-0.25, -0.2) is 0 Å². The minimum absolute atomic E-state index is 0.139. The van der Waals surface area contributed by atoms with Gasteiger partial charge in [-0.2, -0.15) is 0 Å². The molecule has 5 heteroatoms. The fraction of sp³-hybridized carbons (Fsp3) is 0.500. The van der Waals surface area contributed by atoms with Gasteiger partial charge in [0.25, 0.3) is 5.69 Å². The van der Waals surface area contributed by atoms with Crippen molar-refractivity contribution in [2.75, 3.05) is 5.32 Å². The van der Waals surface area contributed by atoms with Crippen molar-refractivity contribution in [1.82, 2.24) is 0 Å². The van der Waals surface area contributed by atoms with E-state index in [0.29, 0.717) is 11.7 Å². The molecule has 1 aromatic rings. The molecule has 0 aromatic heterocycles. The quantitative estimate of drug-likeness (QED) is 0.510. The smallest absolute Gasteiger partial charge is 0.292 e. The van der Waals surface area contributed by atoms with Gasteiger partial charge in [-0.15, -0.1) is 11.6 Å². The molecule has 1 aliphatic rings. The Balaban J connectivity index is 2.05. The SMILES string of the molecule is O=[N+]([O-])c1ccccc1NC1CCC(Cl)CC1. The first-order valence-corrected chi connectivity index (χ1v) is 6.24. The highest BCUT2D eigenvalue weighted by atomic mass is 35.5. The van der Waals surface area contributed by atoms with Gasteiger partial charge >= 0.3 is 0 Å². The zero-order valence-electron chi connectivity index (χ0n) is 9.43. The summed E-state index contributed by atoms with van der Waals surface area (Å²) in [5.74, 6) is 0. The van der Waals surface area contributed by atoms with E-state index in [1.54, 1.807) is 12.1 Å². The lowest BCUT2D eigenvalue weighted by Gasteiger charge is -2.26. The third-order valence-electron chi connectivity index (χ3n) is 3.12. The summed E-state index contributed by atoms with van der Waals surface area (Å²) in [7, 11) is 0. The van der Waals surface area contributed by atoms with Gasteiger partial charge in [-0.3, -0.25) is 10.1 Å². The van der Waals surface area contributed by atoms with E-state index in [-0.39, 0.29) is 16.0 Å². The Morgan fingerprint density at radius 2 is 1.88 bits per heavy atom. The molecule has 2 rings (SSSR count). The van der Waals surface area contributed by atoms with Crippen molar-refractivity contribution < 1.29 is 4.92 Å². The molecule has 1 aliphatic carbocycles. The lowest BCUT2D eigenvalue weighted by atomic mass is 9.95. The first-order chi connectivity index (χ1) is 8.16. The number of nitro benzene ring substituents is 1. The monoisotopic (exact) mass is 254 g/mol. The molecule has 0 saturated heterocycles. The molecule has 17 heavy (non-hydrogen) atoms. The van der Waals surface area contributed by atoms with Crippen molar-refractivity contribution in [3.05, 3.63) is 34.4 Å². The summed E-state index contributed by atoms with van der Waals surface area (Å²) < 4.78 is 0. The van der Waals surface area contributed by atoms with E-state index >= 15 is 0 Å². The van der Waals surface area contributed by atoms with Crippen molar-refractivity contribution in [2.45, 2.75) is 37.1 Å². The molecular weight excluding hydrogens is 240 g/mol. The lowest BCUT2D eigenvalue weighted by Crippen LogP contribution is -2.26. The molecule has 0 unspecified atom stereocenters. The molecule has 92 valence electrons. The predicted octanol–water partition coefficient (Wildman–Crippen LogP) is 3.56. The number of benzene rings is 1. The number of nitrogens with one attached hydrogen (secondary N) is 1. The van der Waals surface area contributed by atoms with Crippen LogP contribution in [0.1, 0.15) is 25.7 Å². The second-order valence-corrected chi connectivity index (χ2v) is 4.98. The second kappa shape index (κ2) is 5.36. The summed E-state index contributed by atoms with van der Waals surface area (Å²) in [4.78, 5) is 10.5. The van der Waals surface area contributed by atoms with Crippen molar-refractivity contribution in [3.63, 3.8) is 0 Å². The Morgan fingerprint density at radius 3 is 2.53 bits per heavy atom. The number of nitrogens with zero attached hydrogens (tertiary/aromatic N) is 1. The topological polar surface area (TPSA) is 55.2 Å². The zero-order valence-corrected chi connectivity index (χ0v) is 10.2. The molecule has 0 bridgehead atoms. The minimum Gasteiger partial charge on any atom is -0.377 e. The van der Waals surface area contributed by atoms with Gasteiger partial charge in [-0.1, -0.05) is 12.1 Å². The second-order valence-electron chi connectivity index (χ2n) is 4.37. The Kier molecular flexibility index (Phi) is 3.84. The van der Waals surface area contributed by atoms with Crippen molar-refractivity contribution in [2.24, 2.45) is 0 Å². The summed E-state index contributed by atoms with van der Waals surface area (Å²) in [6.07, 6.45) is 3.89. The molecule has 1 aromatic carbocycles. The third-order valence-corrected chi connectivity index (χ3v) is 3.55. The maximum Gasteiger partial charge on any atom is 0.292 e. The fourth-order valence-corrected chi connectivity index (χ4v) is 2.42. The van der Waals surface area contributed by atoms with E-state index in [1.165, 1.54) is 6.07 Å². The van der Waals surface area contributed by atoms with Crippen LogP contribution in [0.5, 0.6) is 0 Å². The Hall–Kier alpha value is -1.29. The van der Waals surface area contributed by atoms with Crippen molar-refractivity contribution in [1.29, 1.82) is 0 Å². The first kappa shape index (κ1) is 12.2. The highest BCUT2D eigenvalue weighted by Gasteiger charge is 2.21. The predicted molar refractivity (Wildman–Crippen MR) is 68.6 cm³/mol. The van der Waals surface area contributed by atoms with Gasteiger partial charge in [0, 0.05) is 17.5 Å². The molecule has 1 saturated carbocycles. The van der Waals surface area contributed by atoms with Gasteiger partial charge in [0.2, 0.25) is 0 Å². The third kappa shape index (κ3) is 3.09. The minimum atomic E-state index is -0.352. The Bertz CT molecular complexity index is 403. The summed E-state index contributed by atoms with van der Waals surface area (Å²) in [5, 5.41) is 14.4. The summed E-state index contributed by atoms with van der Waals surface area (Å²) in [6.45, 7) is 0. The lowest BCUT2D eigenvalue weighted by molar-refractivity contribution is -0.384. The zero-order chi connectivity index (χ0) is 12.3. The molecule has 0 heterocycles. The summed E-state index contributed by atoms with van der Waals surface area (Å²) in [6, 6.07) is 7.06. The average molecular weight is 255 g/mol. The van der Waals surface area contributed by atoms with Crippen LogP contribution in [0.2, 0.25) is 0 Å². The van der Waals surface area contributed by atoms with Crippen LogP contribution in [0.15, 0.2) is 24.3 Å². The maximum absolute atomic E-state index is 10.9. The fourth-order valence-electron chi connectivity index (χ4n) is 2.17. The van der Waals surface area contributed by atoms with E-state index < -0.39 is 0 Å². The Morgan fingerprint density at radius 1 is 1.24 bits per heavy atom. The molecule has 0 radical (unpaired) electrons. The van der Waals surface area contributed by atoms with Crippen LogP contribution in [-0.2, 0) is 0 Å². The van der Waals surface area contributed by atoms with E-state index in [4.69, 9.17) is 11.6 Å². The number of anilines is 1. The molecule has 4 nitrogen and oxygen atoms in total. The van der Waals surface area contributed by atoms with Crippen LogP contribution in [0, 0.1) is 10.1 Å². The molecular formula is C12H15ClN2O2. The van der Waals surface area contributed by atoms with Crippen LogP contribution in [0.4, 0.5) is 11.4 Å². The largest absolute Gasteiger partial charge is 0.377 e. The number of nitro groups is 1. The van der Waals surface area contributed by atoms with E-state index in [9.17, 15) is 10.1 Å². The van der Waals surface area contributed by atoms with Crippen LogP contribution < -0.4 is 5.32 Å². The summed E-state index contributed by atoms with van der Waals surface area (Å²) in [5.41, 5.74) is 0.746. The van der Waals surface area contributed by atoms with E-state index in [1.807, 2.05) is 6.07 Å². The number of halogens is 1. The molecule has 0 amide bonds. The number of hydrogen-bond acceptors (Lipinski definition) is 3. The molecule has 0 spiro atoms. The maximum atomic E-state index is 10.9. The van der Waals surface area contributed by atoms with Gasteiger partial charge in [0.1, 0.15) is 5.69 Å². The molecule has 0 aliphatic heterocycles. The average Bonchev–Trinajstić information content (AvgIpc) is 2.32. The van der Waals surface area contributed by atoms with E-state index in [0.717, 1.165) is 25.7 Å². The Labute approximate surface area is 105 Å². The van der Waals surface area contributed by atoms with Crippen LogP contribution in [0.3, 0.4) is 0 Å². The van der Waals surface area contributed by atoms with Crippen LogP contribution in [-0.4, -0.2) is 16.3 Å². The standard InChI is InChI=1S/C12H15ClN2O2/c13-9-5-7-10(8-6-9)14-11-3-1-2-4-12(11)15(16)17/h1-4,9-10,14H,5-8H2. The van der Waals surface area contributed by atoms with Gasteiger partial charge in [0.05, 0.1) is 4.92 Å². The summed E-state index contributed by atoms with van der Waals surface area (Å²) >= 11 is 6.03. The molecule has 1 N–H and O–H groups in total. The first-order valence-electron chi connectivity index (χ1n) is 5.81. The van der Waals surface area contributed by atoms with Gasteiger partial charge in [0.15, 0.2) is 0 Å². The number of rotatable bonds is 3. The number of para-hydroxylation sites is 2. The van der Waals surface area contributed by atoms with Crippen LogP contribution in [0.25, 0.3) is 0 Å². The van der Waals surface area contributed by atoms with Crippen molar-refractivity contribution >= 4 is 23.0 Å². The highest BCUT2D eigenvalue weighted by Crippen LogP contribution is 2.29. The van der Waals surface area contributed by atoms with Gasteiger partial charge < -0.3 is 5.32 Å². The molecule has 1 fully saturated rings. The molecule has 0 atom stereocenters. The normalized spacial score (nSPS) is 24.3. The number of alkyl halides is 1. The number of hydrogen-bond donors (Lipinski definition) is 1. The highest BCUT2D eigenvalue weighted by molar-refractivity contribution is 6.20. The van der Waals surface area contributed by atoms with Gasteiger partial charge in [-0.05, 0) is 31.7 Å².